The van der Waals surface area contributed by atoms with Crippen LogP contribution in [0, 0.1) is 29.6 Å². The molecule has 0 unspecified atom stereocenters. The first kappa shape index (κ1) is 61.6. The maximum Gasteiger partial charge on any atom is 0.331 e. The van der Waals surface area contributed by atoms with E-state index in [1.807, 2.05) is 18.2 Å². The van der Waals surface area contributed by atoms with Crippen LogP contribution in [-0.4, -0.2) is 69.8 Å². The van der Waals surface area contributed by atoms with Crippen LogP contribution < -0.4 is 0 Å². The minimum Gasteiger partial charge on any atom is -0.458 e. The molecule has 0 aromatic carbocycles. The monoisotopic (exact) mass is 973 g/mol. The van der Waals surface area contributed by atoms with E-state index in [1.54, 1.807) is 12.2 Å². The summed E-state index contributed by atoms with van der Waals surface area (Å²) in [5.74, 6) is -0.153. The molecule has 65 heavy (non-hydrogen) atoms. The SMILES string of the molecule is C=C/C=C\[C@H](C)[C@@H]1OC(=O)/C=C\C=C\[C@@H](C)[C@@H](O[Si](C)(C)C(C)(C)C)C[C@H](O[Si](C)(C)C(C)(C)C)/C=C\[C@H](C)[C@H](O[Si](C)(C)C(C)(C)C)[C@@H](C)/C=C\CC[C@@H](O[Si](C)(C)C(C)(C)C)[C@@H]1C. The molecule has 0 saturated heterocycles. The number of ether oxygens (including phenoxy) is 1. The van der Waals surface area contributed by atoms with E-state index >= 15 is 0 Å². The molecule has 1 aliphatic heterocycles. The second-order valence-electron chi connectivity index (χ2n) is 25.8. The van der Waals surface area contributed by atoms with Crippen LogP contribution in [0.1, 0.15) is 137 Å². The van der Waals surface area contributed by atoms with Crippen molar-refractivity contribution in [2.75, 3.05) is 0 Å². The predicted molar refractivity (Wildman–Crippen MR) is 294 cm³/mol. The van der Waals surface area contributed by atoms with Crippen LogP contribution >= 0.6 is 0 Å². The summed E-state index contributed by atoms with van der Waals surface area (Å²) in [5, 5.41) is 0.141. The highest BCUT2D eigenvalue weighted by Crippen LogP contribution is 2.43. The molecule has 0 aromatic heterocycles. The van der Waals surface area contributed by atoms with Crippen molar-refractivity contribution in [3.05, 3.63) is 73.4 Å². The third-order valence-electron chi connectivity index (χ3n) is 16.0. The smallest absolute Gasteiger partial charge is 0.331 e. The van der Waals surface area contributed by atoms with Gasteiger partial charge in [-0.15, -0.1) is 0 Å². The lowest BCUT2D eigenvalue weighted by Crippen LogP contribution is -2.48. The van der Waals surface area contributed by atoms with E-state index in [9.17, 15) is 4.79 Å². The zero-order valence-corrected chi connectivity index (χ0v) is 50.9. The fraction of sp³-hybridized carbons (Fsp3) is 0.764. The van der Waals surface area contributed by atoms with Crippen molar-refractivity contribution in [3.8, 4) is 0 Å². The van der Waals surface area contributed by atoms with Gasteiger partial charge in [0.2, 0.25) is 0 Å². The molecule has 0 spiro atoms. The Hall–Kier alpha value is -1.38. The van der Waals surface area contributed by atoms with E-state index in [2.05, 4.69) is 213 Å². The molecule has 1 rings (SSSR count). The average Bonchev–Trinajstić information content (AvgIpc) is 3.13. The van der Waals surface area contributed by atoms with Crippen molar-refractivity contribution in [1.82, 2.24) is 0 Å². The molecule has 0 bridgehead atoms. The predicted octanol–water partition coefficient (Wildman–Crippen LogP) is 16.8. The minimum absolute atomic E-state index is 0.0199. The molecule has 1 aliphatic rings. The molecule has 0 saturated carbocycles. The Kier molecular flexibility index (Phi) is 23.2. The van der Waals surface area contributed by atoms with Gasteiger partial charge >= 0.3 is 5.97 Å². The number of hydrogen-bond donors (Lipinski definition) is 0. The van der Waals surface area contributed by atoms with Crippen molar-refractivity contribution in [3.63, 3.8) is 0 Å². The van der Waals surface area contributed by atoms with Crippen LogP contribution in [0.4, 0.5) is 0 Å². The van der Waals surface area contributed by atoms with Crippen LogP contribution in [0.5, 0.6) is 0 Å². The van der Waals surface area contributed by atoms with Crippen LogP contribution in [0.2, 0.25) is 72.5 Å². The van der Waals surface area contributed by atoms with E-state index in [1.165, 1.54) is 0 Å². The average molecular weight is 974 g/mol. The minimum atomic E-state index is -2.21. The van der Waals surface area contributed by atoms with E-state index in [0.29, 0.717) is 0 Å². The quantitative estimate of drug-likeness (QED) is 0.0890. The van der Waals surface area contributed by atoms with Gasteiger partial charge in [-0.3, -0.25) is 0 Å². The summed E-state index contributed by atoms with van der Waals surface area (Å²) in [6.07, 6.45) is 24.4. The van der Waals surface area contributed by atoms with Gasteiger partial charge in [-0.25, -0.2) is 4.79 Å². The number of carbonyl (C=O) groups is 1. The van der Waals surface area contributed by atoms with E-state index in [0.717, 1.165) is 19.3 Å². The van der Waals surface area contributed by atoms with Gasteiger partial charge in [-0.1, -0.05) is 185 Å². The van der Waals surface area contributed by atoms with Gasteiger partial charge in [0.1, 0.15) is 6.10 Å². The lowest BCUT2D eigenvalue weighted by atomic mass is 9.86. The molecule has 0 fully saturated rings. The summed E-state index contributed by atoms with van der Waals surface area (Å²) in [4.78, 5) is 13.8. The molecule has 0 aromatic rings. The number of carbonyl (C=O) groups excluding carboxylic acids is 1. The highest BCUT2D eigenvalue weighted by molar-refractivity contribution is 6.75. The molecule has 10 heteroatoms. The van der Waals surface area contributed by atoms with Crippen molar-refractivity contribution >= 4 is 39.2 Å². The highest BCUT2D eigenvalue weighted by atomic mass is 28.4. The summed E-state index contributed by atoms with van der Waals surface area (Å²) < 4.78 is 35.8. The molecule has 6 nitrogen and oxygen atoms in total. The first-order valence-electron chi connectivity index (χ1n) is 25.1. The Balaban J connectivity index is 4.21. The number of esters is 1. The van der Waals surface area contributed by atoms with Crippen LogP contribution in [0.15, 0.2) is 73.4 Å². The van der Waals surface area contributed by atoms with Gasteiger partial charge in [-0.05, 0) is 103 Å². The molecule has 10 atom stereocenters. The fourth-order valence-corrected chi connectivity index (χ4v) is 12.7. The van der Waals surface area contributed by atoms with Crippen LogP contribution in [0.3, 0.4) is 0 Å². The lowest BCUT2D eigenvalue weighted by Gasteiger charge is -2.43. The maximum atomic E-state index is 13.8. The van der Waals surface area contributed by atoms with Crippen molar-refractivity contribution < 1.29 is 27.2 Å². The van der Waals surface area contributed by atoms with Gasteiger partial charge in [0.25, 0.3) is 0 Å². The Labute approximate surface area is 407 Å². The zero-order chi connectivity index (χ0) is 50.8. The zero-order valence-electron chi connectivity index (χ0n) is 46.9. The van der Waals surface area contributed by atoms with Crippen molar-refractivity contribution in [2.45, 2.75) is 240 Å². The Morgan fingerprint density at radius 2 is 1.09 bits per heavy atom. The first-order chi connectivity index (χ1) is 29.2. The third-order valence-corrected chi connectivity index (χ3v) is 33.9. The third kappa shape index (κ3) is 19.1. The molecule has 1 heterocycles. The second kappa shape index (κ2) is 24.4. The van der Waals surface area contributed by atoms with Gasteiger partial charge in [0.05, 0.1) is 24.4 Å². The topological polar surface area (TPSA) is 63.2 Å². The van der Waals surface area contributed by atoms with Gasteiger partial charge in [0.15, 0.2) is 33.3 Å². The molecule has 0 aliphatic carbocycles. The van der Waals surface area contributed by atoms with Gasteiger partial charge in [-0.2, -0.15) is 0 Å². The summed E-state index contributed by atoms with van der Waals surface area (Å²) in [5.41, 5.74) is 0. The highest BCUT2D eigenvalue weighted by Gasteiger charge is 2.45. The standard InChI is InChI=1S/C55H104O6Si4/c1-27-28-33-43(4)51-45(6)47(59-63(21,22)53(10,11)12)36-31-29-35-42(3)50(61-65(25,26)55(16,17)18)44(5)38-39-46(58-62(19,20)52(7,8)9)40-48(60-64(23,24)54(13,14)15)41(2)34-30-32-37-49(56)57-51/h27-30,32-35,37-39,41-48,50-51H,1,31,36,40H2,2-26H3/b33-28-,34-30+,35-29-,37-32-,39-38-/t41-,42+,43+,44+,45+,46-,47-,48+,50-,51+/m1/s1. The summed E-state index contributed by atoms with van der Waals surface area (Å²) in [6, 6.07) is 0. The molecular formula is C55H104O6Si4. The largest absolute Gasteiger partial charge is 0.458 e. The number of allylic oxidation sites excluding steroid dienone is 5. The van der Waals surface area contributed by atoms with Crippen LogP contribution in [-0.2, 0) is 27.2 Å². The fourth-order valence-electron chi connectivity index (χ4n) is 7.10. The van der Waals surface area contributed by atoms with Crippen LogP contribution in [0.25, 0.3) is 0 Å². The summed E-state index contributed by atoms with van der Waals surface area (Å²) >= 11 is 0. The van der Waals surface area contributed by atoms with E-state index < -0.39 is 39.4 Å². The molecule has 0 radical (unpaired) electrons. The van der Waals surface area contributed by atoms with E-state index in [4.69, 9.17) is 22.4 Å². The summed E-state index contributed by atoms with van der Waals surface area (Å²) in [7, 11) is -8.78. The Bertz CT molecular complexity index is 1630. The molecule has 0 amide bonds. The summed E-state index contributed by atoms with van der Waals surface area (Å²) in [6.45, 7) is 61.6. The number of cyclic esters (lactones) is 1. The molecular weight excluding hydrogens is 869 g/mol. The maximum absolute atomic E-state index is 13.8. The van der Waals surface area contributed by atoms with Crippen molar-refractivity contribution in [1.29, 1.82) is 0 Å². The van der Waals surface area contributed by atoms with E-state index in [-0.39, 0.29) is 80.1 Å². The number of rotatable bonds is 11. The second-order valence-corrected chi connectivity index (χ2v) is 44.8. The Morgan fingerprint density at radius 3 is 1.58 bits per heavy atom. The number of hydrogen-bond acceptors (Lipinski definition) is 6. The normalized spacial score (nSPS) is 30.1. The van der Waals surface area contributed by atoms with Crippen molar-refractivity contribution in [2.24, 2.45) is 29.6 Å². The lowest BCUT2D eigenvalue weighted by molar-refractivity contribution is -0.150. The molecule has 376 valence electrons. The first-order valence-corrected chi connectivity index (χ1v) is 36.8. The molecule has 0 N–H and O–H groups in total. The Morgan fingerprint density at radius 1 is 0.631 bits per heavy atom. The van der Waals surface area contributed by atoms with Gasteiger partial charge < -0.3 is 22.4 Å². The van der Waals surface area contributed by atoms with Gasteiger partial charge in [0, 0.05) is 24.3 Å².